The molecule has 0 rings (SSSR count). The summed E-state index contributed by atoms with van der Waals surface area (Å²) in [7, 11) is 0. The van der Waals surface area contributed by atoms with Crippen molar-refractivity contribution in [2.24, 2.45) is 0 Å². The van der Waals surface area contributed by atoms with E-state index < -0.39 is 6.10 Å². The lowest BCUT2D eigenvalue weighted by Gasteiger charge is -2.15. The zero-order chi connectivity index (χ0) is 42.1. The molecule has 0 radical (unpaired) electrons. The molecule has 58 heavy (non-hydrogen) atoms. The molecule has 0 saturated carbocycles. The van der Waals surface area contributed by atoms with Gasteiger partial charge in [0.25, 0.3) is 0 Å². The Morgan fingerprint density at radius 2 is 0.638 bits per heavy atom. The van der Waals surface area contributed by atoms with Gasteiger partial charge in [-0.2, -0.15) is 0 Å². The van der Waals surface area contributed by atoms with E-state index in [1.807, 2.05) is 0 Å². The van der Waals surface area contributed by atoms with Gasteiger partial charge in [-0.15, -0.1) is 0 Å². The van der Waals surface area contributed by atoms with Crippen molar-refractivity contribution >= 4 is 11.9 Å². The summed E-state index contributed by atoms with van der Waals surface area (Å²) in [6.45, 7) is 4.18. The average molecular weight is 819 g/mol. The lowest BCUT2D eigenvalue weighted by molar-refractivity contribution is -0.161. The summed E-state index contributed by atoms with van der Waals surface area (Å²) < 4.78 is 10.7. The maximum absolute atomic E-state index is 12.3. The molecule has 0 aromatic carbocycles. The Morgan fingerprint density at radius 1 is 0.379 bits per heavy atom. The van der Waals surface area contributed by atoms with E-state index >= 15 is 0 Å². The number of rotatable bonds is 49. The van der Waals surface area contributed by atoms with Gasteiger partial charge in [0.05, 0.1) is 6.61 Å². The number of esters is 2. The number of allylic oxidation sites excluding steroid dienone is 2. The fraction of sp³-hybridized carbons (Fsp3) is 0.925. The first-order chi connectivity index (χ1) is 28.6. The van der Waals surface area contributed by atoms with Crippen molar-refractivity contribution in [3.05, 3.63) is 12.2 Å². The fourth-order valence-electron chi connectivity index (χ4n) is 8.08. The highest BCUT2D eigenvalue weighted by Crippen LogP contribution is 2.17. The van der Waals surface area contributed by atoms with Crippen molar-refractivity contribution in [3.63, 3.8) is 0 Å². The molecule has 5 heteroatoms. The minimum atomic E-state index is -0.765. The molecule has 0 aromatic rings. The minimum Gasteiger partial charge on any atom is -0.462 e. The van der Waals surface area contributed by atoms with Gasteiger partial charge in [-0.25, -0.2) is 0 Å². The third kappa shape index (κ3) is 47.3. The maximum atomic E-state index is 12.3. The second-order valence-electron chi connectivity index (χ2n) is 18.0. The molecule has 0 aromatic heterocycles. The van der Waals surface area contributed by atoms with E-state index in [-0.39, 0.29) is 25.2 Å². The Bertz CT molecular complexity index is 840. The van der Waals surface area contributed by atoms with Crippen molar-refractivity contribution in [2.75, 3.05) is 13.2 Å². The van der Waals surface area contributed by atoms with Gasteiger partial charge in [-0.3, -0.25) is 9.59 Å². The van der Waals surface area contributed by atoms with Crippen molar-refractivity contribution in [2.45, 2.75) is 302 Å². The molecule has 0 aliphatic heterocycles. The van der Waals surface area contributed by atoms with E-state index in [1.54, 1.807) is 0 Å². The predicted octanol–water partition coefficient (Wildman–Crippen LogP) is 17.2. The Hall–Kier alpha value is -1.36. The highest BCUT2D eigenvalue weighted by molar-refractivity contribution is 5.70. The normalized spacial score (nSPS) is 12.1. The molecule has 0 bridgehead atoms. The van der Waals surface area contributed by atoms with E-state index in [2.05, 4.69) is 26.0 Å². The molecule has 0 spiro atoms. The Morgan fingerprint density at radius 3 is 0.931 bits per heavy atom. The van der Waals surface area contributed by atoms with Crippen LogP contribution in [0, 0.1) is 0 Å². The highest BCUT2D eigenvalue weighted by atomic mass is 16.6. The van der Waals surface area contributed by atoms with E-state index in [0.29, 0.717) is 12.8 Å². The third-order valence-corrected chi connectivity index (χ3v) is 12.1. The first kappa shape index (κ1) is 56.6. The number of aliphatic hydroxyl groups is 1. The van der Waals surface area contributed by atoms with Crippen LogP contribution >= 0.6 is 0 Å². The molecule has 0 aliphatic carbocycles. The van der Waals surface area contributed by atoms with Crippen LogP contribution in [0.15, 0.2) is 12.2 Å². The van der Waals surface area contributed by atoms with Crippen LogP contribution in [0.1, 0.15) is 296 Å². The second kappa shape index (κ2) is 50.0. The summed E-state index contributed by atoms with van der Waals surface area (Å²) in [6.07, 6.45) is 60.3. The maximum Gasteiger partial charge on any atom is 0.306 e. The summed E-state index contributed by atoms with van der Waals surface area (Å²) >= 11 is 0. The molecule has 0 fully saturated rings. The number of unbranched alkanes of at least 4 members (excludes halogenated alkanes) is 39. The standard InChI is InChI=1S/C53H102O5/c1-3-5-7-9-11-13-15-17-19-20-21-22-23-24-25-26-27-28-29-30-31-32-34-36-38-40-42-44-46-48-53(56)58-51(49-54)50-57-52(55)47-45-43-41-39-37-35-33-18-16-14-12-10-8-6-4-2/h20-21,51,54H,3-19,22-50H2,1-2H3/b21-20-. The highest BCUT2D eigenvalue weighted by Gasteiger charge is 2.16. The second-order valence-corrected chi connectivity index (χ2v) is 18.0. The zero-order valence-electron chi connectivity index (χ0n) is 39.3. The first-order valence-corrected chi connectivity index (χ1v) is 26.2. The van der Waals surface area contributed by atoms with Crippen molar-refractivity contribution in [1.29, 1.82) is 0 Å². The third-order valence-electron chi connectivity index (χ3n) is 12.1. The van der Waals surface area contributed by atoms with Gasteiger partial charge >= 0.3 is 11.9 Å². The molecule has 0 amide bonds. The van der Waals surface area contributed by atoms with Gasteiger partial charge in [0, 0.05) is 12.8 Å². The number of hydrogen-bond acceptors (Lipinski definition) is 5. The smallest absolute Gasteiger partial charge is 0.306 e. The summed E-state index contributed by atoms with van der Waals surface area (Å²) in [5.74, 6) is -0.571. The number of ether oxygens (including phenoxy) is 2. The Kier molecular flexibility index (Phi) is 48.8. The van der Waals surface area contributed by atoms with Crippen LogP contribution in [0.5, 0.6) is 0 Å². The molecule has 1 atom stereocenters. The van der Waals surface area contributed by atoms with Crippen molar-refractivity contribution in [3.8, 4) is 0 Å². The number of carbonyl (C=O) groups excluding carboxylic acids is 2. The minimum absolute atomic E-state index is 0.0578. The largest absolute Gasteiger partial charge is 0.462 e. The van der Waals surface area contributed by atoms with Gasteiger partial charge in [0.1, 0.15) is 6.61 Å². The zero-order valence-corrected chi connectivity index (χ0v) is 39.3. The Balaban J connectivity index is 3.41. The van der Waals surface area contributed by atoms with Gasteiger partial charge in [0.2, 0.25) is 0 Å². The van der Waals surface area contributed by atoms with E-state index in [4.69, 9.17) is 9.47 Å². The summed E-state index contributed by atoms with van der Waals surface area (Å²) in [5, 5.41) is 9.62. The topological polar surface area (TPSA) is 72.8 Å². The molecule has 0 saturated heterocycles. The summed E-state index contributed by atoms with van der Waals surface area (Å²) in [4.78, 5) is 24.4. The average Bonchev–Trinajstić information content (AvgIpc) is 3.23. The van der Waals surface area contributed by atoms with Crippen LogP contribution in [0.3, 0.4) is 0 Å². The molecule has 0 heterocycles. The van der Waals surface area contributed by atoms with Crippen molar-refractivity contribution in [1.82, 2.24) is 0 Å². The molecule has 344 valence electrons. The summed E-state index contributed by atoms with van der Waals surface area (Å²) in [6, 6.07) is 0. The molecule has 0 aliphatic rings. The molecule has 5 nitrogen and oxygen atoms in total. The van der Waals surface area contributed by atoms with Crippen LogP contribution in [0.2, 0.25) is 0 Å². The molecular formula is C53H102O5. The molecule has 1 unspecified atom stereocenters. The number of hydrogen-bond donors (Lipinski definition) is 1. The van der Waals surface area contributed by atoms with E-state index in [1.165, 1.54) is 238 Å². The quantitative estimate of drug-likeness (QED) is 0.0376. The van der Waals surface area contributed by atoms with Gasteiger partial charge in [-0.05, 0) is 38.5 Å². The monoisotopic (exact) mass is 819 g/mol. The van der Waals surface area contributed by atoms with Crippen LogP contribution in [-0.4, -0.2) is 36.4 Å². The number of aliphatic hydroxyl groups excluding tert-OH is 1. The Labute approximate surface area is 362 Å². The van der Waals surface area contributed by atoms with Crippen LogP contribution < -0.4 is 0 Å². The van der Waals surface area contributed by atoms with Crippen LogP contribution in [0.4, 0.5) is 0 Å². The van der Waals surface area contributed by atoms with E-state index in [9.17, 15) is 14.7 Å². The lowest BCUT2D eigenvalue weighted by Crippen LogP contribution is -2.28. The molecular weight excluding hydrogens is 717 g/mol. The summed E-state index contributed by atoms with van der Waals surface area (Å²) in [5.41, 5.74) is 0. The SMILES string of the molecule is CCCCCCCCCC/C=C\CCCCCCCCCCCCCCCCCCCC(=O)OC(CO)COC(=O)CCCCCCCCCCCCCCCCC. The predicted molar refractivity (Wildman–Crippen MR) is 252 cm³/mol. The van der Waals surface area contributed by atoms with Gasteiger partial charge < -0.3 is 14.6 Å². The van der Waals surface area contributed by atoms with E-state index in [0.717, 1.165) is 32.1 Å². The van der Waals surface area contributed by atoms with Crippen LogP contribution in [-0.2, 0) is 19.1 Å². The number of carbonyl (C=O) groups is 2. The van der Waals surface area contributed by atoms with Crippen LogP contribution in [0.25, 0.3) is 0 Å². The van der Waals surface area contributed by atoms with Gasteiger partial charge in [-0.1, -0.05) is 257 Å². The molecule has 1 N–H and O–H groups in total. The lowest BCUT2D eigenvalue weighted by atomic mass is 10.0. The van der Waals surface area contributed by atoms with Crippen molar-refractivity contribution < 1.29 is 24.2 Å². The first-order valence-electron chi connectivity index (χ1n) is 26.2. The van der Waals surface area contributed by atoms with Gasteiger partial charge in [0.15, 0.2) is 6.10 Å². The fourth-order valence-corrected chi connectivity index (χ4v) is 8.08.